The molecule has 9 nitrogen and oxygen atoms in total. The molecule has 152 valence electrons. The first kappa shape index (κ1) is 20.6. The molecule has 0 radical (unpaired) electrons. The summed E-state index contributed by atoms with van der Waals surface area (Å²) >= 11 is 0. The summed E-state index contributed by atoms with van der Waals surface area (Å²) in [6.07, 6.45) is 0. The quantitative estimate of drug-likeness (QED) is 0.620. The summed E-state index contributed by atoms with van der Waals surface area (Å²) in [5.74, 6) is -0.884. The summed E-state index contributed by atoms with van der Waals surface area (Å²) in [4.78, 5) is 12.5. The number of methoxy groups -OCH3 is 1. The molecule has 0 aliphatic heterocycles. The van der Waals surface area contributed by atoms with Crippen molar-refractivity contribution in [1.82, 2.24) is 20.2 Å². The van der Waals surface area contributed by atoms with Crippen molar-refractivity contribution in [2.24, 2.45) is 0 Å². The second-order valence-electron chi connectivity index (χ2n) is 6.09. The van der Waals surface area contributed by atoms with Crippen LogP contribution in [-0.4, -0.2) is 54.0 Å². The number of ether oxygens (including phenoxy) is 1. The van der Waals surface area contributed by atoms with Crippen molar-refractivity contribution >= 4 is 21.4 Å². The number of aromatic nitrogens is 4. The molecular formula is C18H18FN5O4S. The molecule has 1 aromatic heterocycles. The van der Waals surface area contributed by atoms with Gasteiger partial charge in [0.25, 0.3) is 5.91 Å². The van der Waals surface area contributed by atoms with Crippen molar-refractivity contribution < 1.29 is 22.3 Å². The van der Waals surface area contributed by atoms with Crippen molar-refractivity contribution in [3.63, 3.8) is 0 Å². The maximum atomic E-state index is 14.2. The van der Waals surface area contributed by atoms with E-state index in [9.17, 15) is 17.6 Å². The lowest BCUT2D eigenvalue weighted by Gasteiger charge is -2.10. The molecule has 0 fully saturated rings. The van der Waals surface area contributed by atoms with E-state index in [1.165, 1.54) is 54.3 Å². The van der Waals surface area contributed by atoms with Crippen molar-refractivity contribution in [2.45, 2.75) is 11.8 Å². The molecule has 0 bridgehead atoms. The van der Waals surface area contributed by atoms with Crippen LogP contribution in [0.25, 0.3) is 5.69 Å². The third-order valence-electron chi connectivity index (χ3n) is 4.10. The summed E-state index contributed by atoms with van der Waals surface area (Å²) in [7, 11) is -2.09. The van der Waals surface area contributed by atoms with Crippen LogP contribution in [0, 0.1) is 12.7 Å². The largest absolute Gasteiger partial charge is 0.384 e. The van der Waals surface area contributed by atoms with Gasteiger partial charge in [-0.15, -0.1) is 5.10 Å². The molecule has 0 spiro atoms. The van der Waals surface area contributed by atoms with Gasteiger partial charge in [0, 0.05) is 12.7 Å². The Balaban J connectivity index is 1.79. The lowest BCUT2D eigenvalue weighted by atomic mass is 10.2. The zero-order valence-corrected chi connectivity index (χ0v) is 16.5. The van der Waals surface area contributed by atoms with E-state index >= 15 is 0 Å². The van der Waals surface area contributed by atoms with E-state index in [2.05, 4.69) is 20.8 Å². The first-order valence-corrected chi connectivity index (χ1v) is 10.1. The third kappa shape index (κ3) is 4.63. The van der Waals surface area contributed by atoms with Gasteiger partial charge in [-0.25, -0.2) is 12.8 Å². The van der Waals surface area contributed by atoms with E-state index in [0.29, 0.717) is 11.5 Å². The molecule has 0 saturated carbocycles. The molecule has 0 aliphatic rings. The van der Waals surface area contributed by atoms with Crippen molar-refractivity contribution in [2.75, 3.05) is 24.8 Å². The minimum atomic E-state index is -3.50. The monoisotopic (exact) mass is 419 g/mol. The van der Waals surface area contributed by atoms with E-state index in [1.54, 1.807) is 6.92 Å². The molecule has 3 aromatic rings. The number of halogens is 1. The number of benzene rings is 2. The molecule has 11 heteroatoms. The third-order valence-corrected chi connectivity index (χ3v) is 5.79. The van der Waals surface area contributed by atoms with Gasteiger partial charge in [-0.2, -0.15) is 4.68 Å². The highest BCUT2D eigenvalue weighted by atomic mass is 32.2. The lowest BCUT2D eigenvalue weighted by Crippen LogP contribution is -2.15. The van der Waals surface area contributed by atoms with E-state index in [4.69, 9.17) is 4.74 Å². The number of hydrogen-bond donors (Lipinski definition) is 1. The van der Waals surface area contributed by atoms with E-state index in [0.717, 1.165) is 0 Å². The molecule has 3 rings (SSSR count). The summed E-state index contributed by atoms with van der Waals surface area (Å²) < 4.78 is 44.6. The fourth-order valence-electron chi connectivity index (χ4n) is 2.53. The Bertz CT molecular complexity index is 1130. The summed E-state index contributed by atoms with van der Waals surface area (Å²) in [5.41, 5.74) is 0.599. The first-order chi connectivity index (χ1) is 13.8. The first-order valence-electron chi connectivity index (χ1n) is 8.50. The highest BCUT2D eigenvalue weighted by molar-refractivity contribution is 7.91. The normalized spacial score (nSPS) is 11.4. The van der Waals surface area contributed by atoms with Crippen LogP contribution in [0.5, 0.6) is 0 Å². The van der Waals surface area contributed by atoms with Crippen LogP contribution in [0.3, 0.4) is 0 Å². The topological polar surface area (TPSA) is 116 Å². The Labute approximate surface area is 166 Å². The molecule has 1 amide bonds. The summed E-state index contributed by atoms with van der Waals surface area (Å²) in [5, 5.41) is 13.6. The van der Waals surface area contributed by atoms with Gasteiger partial charge in [0.05, 0.1) is 28.6 Å². The van der Waals surface area contributed by atoms with E-state index < -0.39 is 21.6 Å². The Kier molecular flexibility index (Phi) is 5.99. The van der Waals surface area contributed by atoms with Crippen LogP contribution in [0.1, 0.15) is 16.2 Å². The number of sulfone groups is 1. The molecule has 0 aliphatic carbocycles. The number of amides is 1. The Morgan fingerprint density at radius 3 is 2.55 bits per heavy atom. The van der Waals surface area contributed by atoms with E-state index in [1.807, 2.05) is 0 Å². The van der Waals surface area contributed by atoms with Crippen LogP contribution in [0.2, 0.25) is 0 Å². The van der Waals surface area contributed by atoms with Gasteiger partial charge in [-0.05, 0) is 59.8 Å². The number of carbonyl (C=O) groups is 1. The maximum Gasteiger partial charge on any atom is 0.255 e. The smallest absolute Gasteiger partial charge is 0.255 e. The number of nitrogens with one attached hydrogen (secondary N) is 1. The number of tetrazole rings is 1. The van der Waals surface area contributed by atoms with Crippen LogP contribution < -0.4 is 5.32 Å². The highest BCUT2D eigenvalue weighted by Crippen LogP contribution is 2.20. The minimum absolute atomic E-state index is 0.0563. The standard InChI is InChI=1S/C18H18FN5O4S/c1-12-21-22-23-24(12)14-5-8-16(19)17(11-14)20-18(25)13-3-6-15(7-4-13)29(26,27)10-9-28-2/h3-8,11H,9-10H2,1-2H3,(H,20,25). The van der Waals surface area contributed by atoms with Crippen molar-refractivity contribution in [3.8, 4) is 5.69 Å². The van der Waals surface area contributed by atoms with Gasteiger partial charge in [0.2, 0.25) is 0 Å². The van der Waals surface area contributed by atoms with Crippen LogP contribution in [0.4, 0.5) is 10.1 Å². The van der Waals surface area contributed by atoms with Gasteiger partial charge in [0.15, 0.2) is 15.7 Å². The number of carbonyl (C=O) groups excluding carboxylic acids is 1. The van der Waals surface area contributed by atoms with Crippen LogP contribution >= 0.6 is 0 Å². The number of rotatable bonds is 7. The second-order valence-corrected chi connectivity index (χ2v) is 8.20. The number of nitrogens with zero attached hydrogens (tertiary/aromatic N) is 4. The maximum absolute atomic E-state index is 14.2. The molecule has 0 unspecified atom stereocenters. The summed E-state index contributed by atoms with van der Waals surface area (Å²) in [6, 6.07) is 9.46. The van der Waals surface area contributed by atoms with Gasteiger partial charge in [0.1, 0.15) is 5.82 Å². The Hall–Kier alpha value is -3.18. The Morgan fingerprint density at radius 1 is 1.21 bits per heavy atom. The molecule has 1 N–H and O–H groups in total. The lowest BCUT2D eigenvalue weighted by molar-refractivity contribution is 0.102. The summed E-state index contributed by atoms with van der Waals surface area (Å²) in [6.45, 7) is 1.75. The van der Waals surface area contributed by atoms with Crippen LogP contribution in [-0.2, 0) is 14.6 Å². The fourth-order valence-corrected chi connectivity index (χ4v) is 3.70. The molecule has 2 aromatic carbocycles. The van der Waals surface area contributed by atoms with Crippen molar-refractivity contribution in [3.05, 3.63) is 59.7 Å². The average Bonchev–Trinajstić information content (AvgIpc) is 3.14. The number of anilines is 1. The minimum Gasteiger partial charge on any atom is -0.384 e. The Morgan fingerprint density at radius 2 is 1.93 bits per heavy atom. The second kappa shape index (κ2) is 8.45. The molecule has 29 heavy (non-hydrogen) atoms. The van der Waals surface area contributed by atoms with Gasteiger partial charge < -0.3 is 10.1 Å². The fraction of sp³-hybridized carbons (Fsp3) is 0.222. The molecular weight excluding hydrogens is 401 g/mol. The number of hydrogen-bond acceptors (Lipinski definition) is 7. The van der Waals surface area contributed by atoms with Gasteiger partial charge in [-0.3, -0.25) is 4.79 Å². The number of aryl methyl sites for hydroxylation is 1. The average molecular weight is 419 g/mol. The predicted molar refractivity (Wildman–Crippen MR) is 102 cm³/mol. The van der Waals surface area contributed by atoms with E-state index in [-0.39, 0.29) is 28.5 Å². The molecule has 0 saturated heterocycles. The zero-order valence-electron chi connectivity index (χ0n) is 15.7. The predicted octanol–water partition coefficient (Wildman–Crippen LogP) is 1.78. The van der Waals surface area contributed by atoms with Gasteiger partial charge in [-0.1, -0.05) is 0 Å². The highest BCUT2D eigenvalue weighted by Gasteiger charge is 2.16. The molecule has 0 atom stereocenters. The van der Waals surface area contributed by atoms with Gasteiger partial charge >= 0.3 is 0 Å². The molecule has 1 heterocycles. The van der Waals surface area contributed by atoms with Crippen LogP contribution in [0.15, 0.2) is 47.4 Å². The van der Waals surface area contributed by atoms with Crippen molar-refractivity contribution in [1.29, 1.82) is 0 Å². The SMILES string of the molecule is COCCS(=O)(=O)c1ccc(C(=O)Nc2cc(-n3nnnc3C)ccc2F)cc1. The zero-order chi connectivity index (χ0) is 21.0.